The van der Waals surface area contributed by atoms with E-state index in [1.165, 1.54) is 6.42 Å². The maximum atomic E-state index is 12.9. The highest BCUT2D eigenvalue weighted by Gasteiger charge is 2.46. The van der Waals surface area contributed by atoms with Gasteiger partial charge in [0.15, 0.2) is 11.5 Å². The van der Waals surface area contributed by atoms with Crippen LogP contribution in [0.4, 0.5) is 5.69 Å². The van der Waals surface area contributed by atoms with Crippen molar-refractivity contribution in [1.29, 1.82) is 0 Å². The first-order chi connectivity index (χ1) is 18.1. The minimum Gasteiger partial charge on any atom is -0.487 e. The Balaban J connectivity index is 1.14. The molecule has 6 rings (SSSR count). The molecule has 2 fully saturated rings. The van der Waals surface area contributed by atoms with Crippen LogP contribution in [0.25, 0.3) is 0 Å². The first-order valence-electron chi connectivity index (χ1n) is 13.1. The number of carbonyl (C=O) groups excluding carboxylic acids is 2. The SMILES string of the molecule is O=C(C[C@@H]1C[C@H]2c3cc(NC(=O)c4ccc5c(c4)OCO5)ccc3O[C@H]2[C@H](CO)O1)NC1CCCCC1. The zero-order valence-corrected chi connectivity index (χ0v) is 20.6. The van der Waals surface area contributed by atoms with Gasteiger partial charge < -0.3 is 34.7 Å². The molecule has 4 aliphatic rings. The van der Waals surface area contributed by atoms with Gasteiger partial charge in [0.1, 0.15) is 18.0 Å². The van der Waals surface area contributed by atoms with Crippen LogP contribution >= 0.6 is 0 Å². The van der Waals surface area contributed by atoms with Crippen LogP contribution in [0.15, 0.2) is 36.4 Å². The maximum absolute atomic E-state index is 12.9. The van der Waals surface area contributed by atoms with Gasteiger partial charge in [-0.3, -0.25) is 9.59 Å². The molecule has 1 saturated carbocycles. The molecule has 196 valence electrons. The standard InChI is InChI=1S/C28H32N2O7/c31-14-25-27-21(12-19(36-25)13-26(32)29-17-4-2-1-3-5-17)20-11-18(7-9-22(20)37-27)30-28(33)16-6-8-23-24(10-16)35-15-34-23/h6-11,17,19,21,25,27,31H,1-5,12-15H2,(H,29,32)(H,30,33)/t19-,21-,25-,27+/m0/s1. The molecule has 1 aliphatic carbocycles. The molecule has 0 bridgehead atoms. The lowest BCUT2D eigenvalue weighted by Gasteiger charge is -2.37. The number of benzene rings is 2. The van der Waals surface area contributed by atoms with Gasteiger partial charge in [0, 0.05) is 28.8 Å². The fourth-order valence-electron chi connectivity index (χ4n) is 5.95. The molecule has 9 nitrogen and oxygen atoms in total. The van der Waals surface area contributed by atoms with Crippen molar-refractivity contribution in [1.82, 2.24) is 5.32 Å². The predicted octanol–water partition coefficient (Wildman–Crippen LogP) is 3.50. The van der Waals surface area contributed by atoms with E-state index >= 15 is 0 Å². The topological polar surface area (TPSA) is 115 Å². The summed E-state index contributed by atoms with van der Waals surface area (Å²) in [7, 11) is 0. The Morgan fingerprint density at radius 1 is 0.973 bits per heavy atom. The van der Waals surface area contributed by atoms with Gasteiger partial charge >= 0.3 is 0 Å². The molecule has 2 aromatic rings. The van der Waals surface area contributed by atoms with Gasteiger partial charge in [0.25, 0.3) is 5.91 Å². The van der Waals surface area contributed by atoms with Gasteiger partial charge in [0.2, 0.25) is 12.7 Å². The summed E-state index contributed by atoms with van der Waals surface area (Å²) in [5, 5.41) is 16.1. The summed E-state index contributed by atoms with van der Waals surface area (Å²) < 4.78 is 23.0. The van der Waals surface area contributed by atoms with Crippen LogP contribution in [0.2, 0.25) is 0 Å². The summed E-state index contributed by atoms with van der Waals surface area (Å²) in [5.41, 5.74) is 2.06. The van der Waals surface area contributed by atoms with Gasteiger partial charge in [-0.15, -0.1) is 0 Å². The quantitative estimate of drug-likeness (QED) is 0.547. The van der Waals surface area contributed by atoms with E-state index in [1.54, 1.807) is 24.3 Å². The Hall–Kier alpha value is -3.30. The summed E-state index contributed by atoms with van der Waals surface area (Å²) in [6, 6.07) is 10.9. The molecular weight excluding hydrogens is 476 g/mol. The van der Waals surface area contributed by atoms with E-state index in [0.717, 1.165) is 31.2 Å². The van der Waals surface area contributed by atoms with E-state index in [9.17, 15) is 14.7 Å². The number of carbonyl (C=O) groups is 2. The average Bonchev–Trinajstić information content (AvgIpc) is 3.53. The number of hydrogen-bond acceptors (Lipinski definition) is 7. The maximum Gasteiger partial charge on any atom is 0.255 e. The van der Waals surface area contributed by atoms with E-state index in [2.05, 4.69) is 10.6 Å². The normalized spacial score (nSPS) is 26.1. The number of amides is 2. The van der Waals surface area contributed by atoms with Crippen molar-refractivity contribution in [2.45, 2.75) is 75.2 Å². The van der Waals surface area contributed by atoms with E-state index in [1.807, 2.05) is 12.1 Å². The van der Waals surface area contributed by atoms with E-state index in [0.29, 0.717) is 34.9 Å². The second-order valence-electron chi connectivity index (χ2n) is 10.3. The van der Waals surface area contributed by atoms with E-state index < -0.39 is 6.10 Å². The Morgan fingerprint density at radius 2 is 1.78 bits per heavy atom. The highest BCUT2D eigenvalue weighted by atomic mass is 16.7. The minimum absolute atomic E-state index is 0.00378. The van der Waals surface area contributed by atoms with Crippen molar-refractivity contribution >= 4 is 17.5 Å². The van der Waals surface area contributed by atoms with Crippen LogP contribution < -0.4 is 24.8 Å². The van der Waals surface area contributed by atoms with Gasteiger partial charge in [0.05, 0.1) is 19.1 Å². The van der Waals surface area contributed by atoms with Crippen LogP contribution in [0.3, 0.4) is 0 Å². The molecule has 3 heterocycles. The smallest absolute Gasteiger partial charge is 0.255 e. The fourth-order valence-corrected chi connectivity index (χ4v) is 5.95. The highest BCUT2D eigenvalue weighted by Crippen LogP contribution is 2.47. The monoisotopic (exact) mass is 508 g/mol. The third-order valence-electron chi connectivity index (χ3n) is 7.78. The van der Waals surface area contributed by atoms with Crippen LogP contribution in [0.5, 0.6) is 17.2 Å². The molecule has 0 aromatic heterocycles. The van der Waals surface area contributed by atoms with Crippen molar-refractivity contribution in [3.05, 3.63) is 47.5 Å². The largest absolute Gasteiger partial charge is 0.487 e. The summed E-state index contributed by atoms with van der Waals surface area (Å²) in [6.45, 7) is -0.0425. The molecule has 0 unspecified atom stereocenters. The molecule has 37 heavy (non-hydrogen) atoms. The molecule has 4 atom stereocenters. The van der Waals surface area contributed by atoms with Crippen LogP contribution in [-0.4, -0.2) is 54.7 Å². The Bertz CT molecular complexity index is 1180. The lowest BCUT2D eigenvalue weighted by molar-refractivity contribution is -0.142. The minimum atomic E-state index is -0.523. The third-order valence-corrected chi connectivity index (χ3v) is 7.78. The molecular formula is C28H32N2O7. The molecule has 0 radical (unpaired) electrons. The predicted molar refractivity (Wildman–Crippen MR) is 134 cm³/mol. The molecule has 9 heteroatoms. The lowest BCUT2D eigenvalue weighted by Crippen LogP contribution is -2.48. The van der Waals surface area contributed by atoms with Crippen LogP contribution in [-0.2, 0) is 9.53 Å². The molecule has 2 aromatic carbocycles. The Kier molecular flexibility index (Phi) is 6.65. The average molecular weight is 509 g/mol. The molecule has 3 aliphatic heterocycles. The van der Waals surface area contributed by atoms with Crippen molar-refractivity contribution in [3.63, 3.8) is 0 Å². The van der Waals surface area contributed by atoms with Crippen molar-refractivity contribution < 1.29 is 33.6 Å². The zero-order chi connectivity index (χ0) is 25.4. The number of ether oxygens (including phenoxy) is 4. The number of rotatable bonds is 6. The second-order valence-corrected chi connectivity index (χ2v) is 10.3. The van der Waals surface area contributed by atoms with Gasteiger partial charge in [-0.25, -0.2) is 0 Å². The molecule has 0 spiro atoms. The first-order valence-corrected chi connectivity index (χ1v) is 13.1. The van der Waals surface area contributed by atoms with Gasteiger partial charge in [-0.05, 0) is 55.7 Å². The van der Waals surface area contributed by atoms with Crippen LogP contribution in [0.1, 0.15) is 66.8 Å². The highest BCUT2D eigenvalue weighted by molar-refractivity contribution is 6.04. The van der Waals surface area contributed by atoms with E-state index in [4.69, 9.17) is 18.9 Å². The van der Waals surface area contributed by atoms with Crippen molar-refractivity contribution in [2.24, 2.45) is 0 Å². The van der Waals surface area contributed by atoms with E-state index in [-0.39, 0.29) is 55.8 Å². The number of fused-ring (bicyclic) bond motifs is 4. The zero-order valence-electron chi connectivity index (χ0n) is 20.6. The number of hydrogen-bond donors (Lipinski definition) is 3. The second kappa shape index (κ2) is 10.2. The molecule has 2 amide bonds. The van der Waals surface area contributed by atoms with Gasteiger partial charge in [-0.2, -0.15) is 0 Å². The number of aliphatic hydroxyl groups excluding tert-OH is 1. The van der Waals surface area contributed by atoms with Crippen LogP contribution in [0, 0.1) is 0 Å². The summed E-state index contributed by atoms with van der Waals surface area (Å²) in [6.07, 6.45) is 5.29. The van der Waals surface area contributed by atoms with Crippen molar-refractivity contribution in [3.8, 4) is 17.2 Å². The Labute approximate surface area is 215 Å². The summed E-state index contributed by atoms with van der Waals surface area (Å²) >= 11 is 0. The Morgan fingerprint density at radius 3 is 2.62 bits per heavy atom. The van der Waals surface area contributed by atoms with Crippen molar-refractivity contribution in [2.75, 3.05) is 18.7 Å². The lowest BCUT2D eigenvalue weighted by atomic mass is 9.84. The number of nitrogens with one attached hydrogen (secondary N) is 2. The third kappa shape index (κ3) is 4.98. The number of anilines is 1. The summed E-state index contributed by atoms with van der Waals surface area (Å²) in [5.74, 6) is 1.58. The molecule has 3 N–H and O–H groups in total. The first kappa shape index (κ1) is 24.1. The van der Waals surface area contributed by atoms with Gasteiger partial charge in [-0.1, -0.05) is 19.3 Å². The molecule has 1 saturated heterocycles. The number of aliphatic hydroxyl groups is 1. The fraction of sp³-hybridized carbons (Fsp3) is 0.500. The summed E-state index contributed by atoms with van der Waals surface area (Å²) in [4.78, 5) is 25.6.